The van der Waals surface area contributed by atoms with Crippen molar-refractivity contribution in [3.63, 3.8) is 0 Å². The molecule has 33 heavy (non-hydrogen) atoms. The van der Waals surface area contributed by atoms with Gasteiger partial charge in [-0.15, -0.1) is 16.8 Å². The summed E-state index contributed by atoms with van der Waals surface area (Å²) < 4.78 is 32.8. The summed E-state index contributed by atoms with van der Waals surface area (Å²) in [6.45, 7) is 1.03. The van der Waals surface area contributed by atoms with E-state index in [1.54, 1.807) is 52.9 Å². The summed E-state index contributed by atoms with van der Waals surface area (Å²) in [5.74, 6) is 0.0376. The number of ether oxygens (including phenoxy) is 1. The molecule has 4 rings (SSSR count). The number of allylic oxidation sites excluding steroid dienone is 1. The third-order valence-electron chi connectivity index (χ3n) is 4.79. The van der Waals surface area contributed by atoms with E-state index in [9.17, 15) is 18.4 Å². The number of nitrogens with zero attached hydrogens (tertiary/aromatic N) is 4. The van der Waals surface area contributed by atoms with Gasteiger partial charge in [-0.05, 0) is 18.2 Å². The standard InChI is InChI=1S/C22H19F2N5O3S/c1-2-11-28-19(31)15-8-4-5-9-16(15)29-21(28)26-27-22(29)33-13-18(30)25-12-14-7-3-6-10-17(14)32-20(23)24/h2-10,20H,1,11-13H2,(H,25,30). The highest BCUT2D eigenvalue weighted by atomic mass is 32.2. The largest absolute Gasteiger partial charge is 0.434 e. The number of aromatic nitrogens is 4. The van der Waals surface area contributed by atoms with Crippen LogP contribution in [0.4, 0.5) is 8.78 Å². The molecule has 4 aromatic rings. The summed E-state index contributed by atoms with van der Waals surface area (Å²) in [6.07, 6.45) is 1.60. The van der Waals surface area contributed by atoms with Crippen molar-refractivity contribution in [2.75, 3.05) is 5.75 Å². The summed E-state index contributed by atoms with van der Waals surface area (Å²) in [5, 5.41) is 11.9. The van der Waals surface area contributed by atoms with Crippen LogP contribution < -0.4 is 15.6 Å². The summed E-state index contributed by atoms with van der Waals surface area (Å²) in [5.41, 5.74) is 0.858. The lowest BCUT2D eigenvalue weighted by Gasteiger charge is -2.11. The number of fused-ring (bicyclic) bond motifs is 3. The minimum atomic E-state index is -2.95. The highest BCUT2D eigenvalue weighted by molar-refractivity contribution is 7.99. The average Bonchev–Trinajstić information content (AvgIpc) is 3.23. The molecule has 1 N–H and O–H groups in total. The third kappa shape index (κ3) is 4.72. The highest BCUT2D eigenvalue weighted by Gasteiger charge is 2.17. The molecule has 2 aromatic heterocycles. The van der Waals surface area contributed by atoms with Crippen LogP contribution in [0.2, 0.25) is 0 Å². The summed E-state index contributed by atoms with van der Waals surface area (Å²) in [6, 6.07) is 13.3. The molecule has 0 saturated heterocycles. The monoisotopic (exact) mass is 471 g/mol. The maximum absolute atomic E-state index is 12.8. The molecule has 0 aliphatic carbocycles. The van der Waals surface area contributed by atoms with Crippen LogP contribution in [-0.2, 0) is 17.9 Å². The zero-order valence-electron chi connectivity index (χ0n) is 17.3. The maximum atomic E-state index is 12.8. The molecule has 0 unspecified atom stereocenters. The fourth-order valence-electron chi connectivity index (χ4n) is 3.36. The summed E-state index contributed by atoms with van der Waals surface area (Å²) >= 11 is 1.15. The quantitative estimate of drug-likeness (QED) is 0.298. The number of hydrogen-bond donors (Lipinski definition) is 1. The Morgan fingerprint density at radius 2 is 1.94 bits per heavy atom. The molecule has 0 bridgehead atoms. The van der Waals surface area contributed by atoms with Gasteiger partial charge in [0, 0.05) is 18.7 Å². The van der Waals surface area contributed by atoms with Crippen LogP contribution in [0.1, 0.15) is 5.56 Å². The topological polar surface area (TPSA) is 90.5 Å². The van der Waals surface area contributed by atoms with Gasteiger partial charge in [0.1, 0.15) is 5.75 Å². The number of benzene rings is 2. The van der Waals surface area contributed by atoms with Gasteiger partial charge in [0.05, 0.1) is 16.7 Å². The molecule has 11 heteroatoms. The first-order chi connectivity index (χ1) is 16.0. The molecule has 2 aromatic carbocycles. The number of thioether (sulfide) groups is 1. The van der Waals surface area contributed by atoms with Gasteiger partial charge in [0.25, 0.3) is 5.56 Å². The van der Waals surface area contributed by atoms with Gasteiger partial charge in [-0.25, -0.2) is 0 Å². The van der Waals surface area contributed by atoms with Crippen molar-refractivity contribution in [2.45, 2.75) is 24.9 Å². The third-order valence-corrected chi connectivity index (χ3v) is 5.72. The van der Waals surface area contributed by atoms with E-state index < -0.39 is 6.61 Å². The predicted octanol–water partition coefficient (Wildman–Crippen LogP) is 3.24. The van der Waals surface area contributed by atoms with Gasteiger partial charge in [0.2, 0.25) is 11.7 Å². The van der Waals surface area contributed by atoms with Gasteiger partial charge >= 0.3 is 6.61 Å². The van der Waals surface area contributed by atoms with Gasteiger partial charge in [-0.2, -0.15) is 8.78 Å². The lowest BCUT2D eigenvalue weighted by Crippen LogP contribution is -2.25. The second-order valence-corrected chi connectivity index (χ2v) is 7.83. The maximum Gasteiger partial charge on any atom is 0.387 e. The minimum Gasteiger partial charge on any atom is -0.434 e. The van der Waals surface area contributed by atoms with Crippen molar-refractivity contribution in [3.8, 4) is 5.75 Å². The minimum absolute atomic E-state index is 0.00752. The van der Waals surface area contributed by atoms with Crippen LogP contribution in [-0.4, -0.2) is 37.4 Å². The Morgan fingerprint density at radius 3 is 2.73 bits per heavy atom. The lowest BCUT2D eigenvalue weighted by atomic mass is 10.2. The van der Waals surface area contributed by atoms with E-state index in [4.69, 9.17) is 0 Å². The molecular weight excluding hydrogens is 452 g/mol. The molecule has 0 spiro atoms. The van der Waals surface area contributed by atoms with E-state index in [2.05, 4.69) is 26.8 Å². The van der Waals surface area contributed by atoms with E-state index in [0.717, 1.165) is 11.8 Å². The Balaban J connectivity index is 1.53. The number of halogens is 2. The number of alkyl halides is 2. The van der Waals surface area contributed by atoms with Crippen molar-refractivity contribution in [1.82, 2.24) is 24.5 Å². The molecule has 0 aliphatic rings. The van der Waals surface area contributed by atoms with E-state index in [1.807, 2.05) is 0 Å². The Labute approximate surface area is 190 Å². The van der Waals surface area contributed by atoms with Crippen molar-refractivity contribution < 1.29 is 18.3 Å². The van der Waals surface area contributed by atoms with Crippen LogP contribution in [0.25, 0.3) is 16.7 Å². The van der Waals surface area contributed by atoms with Crippen LogP contribution >= 0.6 is 11.8 Å². The van der Waals surface area contributed by atoms with E-state index in [1.165, 1.54) is 10.6 Å². The molecule has 0 saturated carbocycles. The normalized spacial score (nSPS) is 11.2. The molecule has 0 atom stereocenters. The van der Waals surface area contributed by atoms with Crippen molar-refractivity contribution in [2.24, 2.45) is 0 Å². The number of nitrogens with one attached hydrogen (secondary N) is 1. The van der Waals surface area contributed by atoms with Crippen molar-refractivity contribution >= 4 is 34.3 Å². The Hall–Kier alpha value is -3.73. The van der Waals surface area contributed by atoms with Crippen LogP contribution in [0.5, 0.6) is 5.75 Å². The Kier molecular flexibility index (Phi) is 6.68. The molecular formula is C22H19F2N5O3S. The summed E-state index contributed by atoms with van der Waals surface area (Å²) in [4.78, 5) is 25.2. The van der Waals surface area contributed by atoms with Crippen LogP contribution in [0.15, 0.2) is 71.1 Å². The number of amides is 1. The number of para-hydroxylation sites is 2. The summed E-state index contributed by atoms with van der Waals surface area (Å²) in [7, 11) is 0. The first-order valence-corrected chi connectivity index (χ1v) is 10.9. The fourth-order valence-corrected chi connectivity index (χ4v) is 4.13. The van der Waals surface area contributed by atoms with Gasteiger partial charge < -0.3 is 10.1 Å². The smallest absolute Gasteiger partial charge is 0.387 e. The predicted molar refractivity (Wildman–Crippen MR) is 121 cm³/mol. The second kappa shape index (κ2) is 9.82. The molecule has 2 heterocycles. The van der Waals surface area contributed by atoms with Crippen LogP contribution in [0.3, 0.4) is 0 Å². The van der Waals surface area contributed by atoms with E-state index >= 15 is 0 Å². The first-order valence-electron chi connectivity index (χ1n) is 9.89. The van der Waals surface area contributed by atoms with Gasteiger partial charge in [-0.3, -0.25) is 18.6 Å². The average molecular weight is 471 g/mol. The van der Waals surface area contributed by atoms with E-state index in [0.29, 0.717) is 27.4 Å². The van der Waals surface area contributed by atoms with Crippen molar-refractivity contribution in [3.05, 3.63) is 77.1 Å². The number of hydrogen-bond acceptors (Lipinski definition) is 6. The first kappa shape index (κ1) is 22.5. The highest BCUT2D eigenvalue weighted by Crippen LogP contribution is 2.22. The molecule has 170 valence electrons. The second-order valence-electron chi connectivity index (χ2n) is 6.89. The zero-order valence-corrected chi connectivity index (χ0v) is 18.1. The lowest BCUT2D eigenvalue weighted by molar-refractivity contribution is -0.118. The number of rotatable bonds is 9. The Bertz CT molecular complexity index is 1390. The molecule has 0 radical (unpaired) electrons. The Morgan fingerprint density at radius 1 is 1.18 bits per heavy atom. The van der Waals surface area contributed by atoms with Crippen LogP contribution in [0, 0.1) is 0 Å². The number of carbonyl (C=O) groups is 1. The SMILES string of the molecule is C=CCn1c(=O)c2ccccc2n2c(SCC(=O)NCc3ccccc3OC(F)F)nnc12. The van der Waals surface area contributed by atoms with Crippen molar-refractivity contribution in [1.29, 1.82) is 0 Å². The van der Waals surface area contributed by atoms with Gasteiger partial charge in [0.15, 0.2) is 5.16 Å². The molecule has 8 nitrogen and oxygen atoms in total. The van der Waals surface area contributed by atoms with Gasteiger partial charge in [-0.1, -0.05) is 48.2 Å². The molecule has 1 amide bonds. The zero-order chi connectivity index (χ0) is 23.4. The number of carbonyl (C=O) groups excluding carboxylic acids is 1. The fraction of sp³-hybridized carbons (Fsp3) is 0.182. The molecule has 0 fully saturated rings. The molecule has 0 aliphatic heterocycles. The van der Waals surface area contributed by atoms with E-state index in [-0.39, 0.29) is 36.1 Å².